The van der Waals surface area contributed by atoms with Crippen molar-refractivity contribution in [2.45, 2.75) is 29.6 Å². The van der Waals surface area contributed by atoms with Gasteiger partial charge in [0.25, 0.3) is 10.0 Å². The van der Waals surface area contributed by atoms with Crippen molar-refractivity contribution in [2.75, 3.05) is 49.1 Å². The number of carbonyl (C=O) groups excluding carboxylic acids is 1. The summed E-state index contributed by atoms with van der Waals surface area (Å²) in [6, 6.07) is 10.4. The minimum atomic E-state index is -3.89. The van der Waals surface area contributed by atoms with Gasteiger partial charge in [-0.1, -0.05) is 0 Å². The van der Waals surface area contributed by atoms with Gasteiger partial charge in [-0.25, -0.2) is 21.6 Å². The van der Waals surface area contributed by atoms with Crippen molar-refractivity contribution < 1.29 is 31.1 Å². The summed E-state index contributed by atoms with van der Waals surface area (Å²) >= 11 is 0. The number of ether oxygens (including phenoxy) is 2. The molecule has 2 aliphatic heterocycles. The molecule has 1 fully saturated rings. The Hall–Kier alpha value is -2.67. The van der Waals surface area contributed by atoms with E-state index in [0.717, 1.165) is 0 Å². The minimum absolute atomic E-state index is 0.0692. The quantitative estimate of drug-likeness (QED) is 0.634. The van der Waals surface area contributed by atoms with Gasteiger partial charge in [-0.2, -0.15) is 4.31 Å². The minimum Gasteiger partial charge on any atom is -0.450 e. The second-order valence-corrected chi connectivity index (χ2v) is 11.7. The number of hydrogen-bond acceptors (Lipinski definition) is 7. The number of sulfonamides is 2. The lowest BCUT2D eigenvalue weighted by Crippen LogP contribution is -2.40. The number of nitrogens with one attached hydrogen (secondary N) is 1. The van der Waals surface area contributed by atoms with Crippen molar-refractivity contribution in [3.05, 3.63) is 48.0 Å². The number of carbonyl (C=O) groups is 1. The fourth-order valence-electron chi connectivity index (χ4n) is 4.01. The van der Waals surface area contributed by atoms with Crippen LogP contribution >= 0.6 is 0 Å². The highest BCUT2D eigenvalue weighted by Gasteiger charge is 2.32. The monoisotopic (exact) mass is 509 g/mol. The number of anilines is 2. The summed E-state index contributed by atoms with van der Waals surface area (Å²) in [5.74, 6) is 0. The van der Waals surface area contributed by atoms with Gasteiger partial charge in [-0.05, 0) is 67.8 Å². The standard InChI is InChI=1S/C22H27N3O7S2/c1-2-32-22(26)23-18-5-7-19(8-6-18)34(29,30)25-11-3-4-17-16-20(9-10-21(17)25)33(27,28)24-12-14-31-15-13-24/h5-10,16H,2-4,11-15H2,1H3,(H,23,26). The van der Waals surface area contributed by atoms with Crippen molar-refractivity contribution in [1.29, 1.82) is 0 Å². The molecular formula is C22H27N3O7S2. The summed E-state index contributed by atoms with van der Waals surface area (Å²) in [5, 5.41) is 2.53. The molecule has 0 unspecified atom stereocenters. The molecule has 1 amide bonds. The van der Waals surface area contributed by atoms with E-state index in [1.807, 2.05) is 0 Å². The zero-order valence-corrected chi connectivity index (χ0v) is 20.4. The van der Waals surface area contributed by atoms with Crippen LogP contribution in [0.5, 0.6) is 0 Å². The molecule has 2 aliphatic rings. The van der Waals surface area contributed by atoms with Crippen molar-refractivity contribution >= 4 is 37.5 Å². The van der Waals surface area contributed by atoms with Crippen LogP contribution in [-0.2, 0) is 35.9 Å². The summed E-state index contributed by atoms with van der Waals surface area (Å²) in [5.41, 5.74) is 1.56. The van der Waals surface area contributed by atoms with E-state index in [9.17, 15) is 21.6 Å². The molecule has 1 saturated heterocycles. The Bertz CT molecular complexity index is 1260. The highest BCUT2D eigenvalue weighted by molar-refractivity contribution is 7.92. The number of fused-ring (bicyclic) bond motifs is 1. The summed E-state index contributed by atoms with van der Waals surface area (Å²) in [4.78, 5) is 11.8. The van der Waals surface area contributed by atoms with Crippen LogP contribution in [0.25, 0.3) is 0 Å². The molecule has 1 N–H and O–H groups in total. The lowest BCUT2D eigenvalue weighted by Gasteiger charge is -2.31. The maximum absolute atomic E-state index is 13.4. The van der Waals surface area contributed by atoms with Gasteiger partial charge in [-0.3, -0.25) is 9.62 Å². The van der Waals surface area contributed by atoms with Gasteiger partial charge < -0.3 is 9.47 Å². The van der Waals surface area contributed by atoms with Crippen molar-refractivity contribution in [2.24, 2.45) is 0 Å². The Morgan fingerprint density at radius 3 is 2.32 bits per heavy atom. The zero-order valence-electron chi connectivity index (χ0n) is 18.8. The van der Waals surface area contributed by atoms with Crippen LogP contribution in [0.4, 0.5) is 16.2 Å². The highest BCUT2D eigenvalue weighted by atomic mass is 32.2. The van der Waals surface area contributed by atoms with Crippen LogP contribution in [0.3, 0.4) is 0 Å². The van der Waals surface area contributed by atoms with Crippen molar-refractivity contribution in [3.63, 3.8) is 0 Å². The Labute approximate surface area is 199 Å². The molecule has 12 heteroatoms. The largest absolute Gasteiger partial charge is 0.450 e. The third kappa shape index (κ3) is 4.90. The Balaban J connectivity index is 1.59. The van der Waals surface area contributed by atoms with Crippen molar-refractivity contribution in [3.8, 4) is 0 Å². The van der Waals surface area contributed by atoms with Gasteiger partial charge in [0, 0.05) is 25.3 Å². The number of morpholine rings is 1. The Kier molecular flexibility index (Phi) is 7.12. The van der Waals surface area contributed by atoms with Crippen LogP contribution in [0.2, 0.25) is 0 Å². The number of amides is 1. The fraction of sp³-hybridized carbons (Fsp3) is 0.409. The first kappa shape index (κ1) is 24.5. The molecule has 2 aromatic rings. The second-order valence-electron chi connectivity index (χ2n) is 7.86. The summed E-state index contributed by atoms with van der Waals surface area (Å²) in [7, 11) is -7.57. The summed E-state index contributed by atoms with van der Waals surface area (Å²) in [6.45, 7) is 3.49. The maximum Gasteiger partial charge on any atom is 0.411 e. The molecule has 0 radical (unpaired) electrons. The van der Waals surface area contributed by atoms with Gasteiger partial charge in [0.2, 0.25) is 10.0 Å². The predicted octanol–water partition coefficient (Wildman–Crippen LogP) is 2.42. The molecule has 0 atom stereocenters. The Morgan fingerprint density at radius 2 is 1.65 bits per heavy atom. The lowest BCUT2D eigenvalue weighted by atomic mass is 10.0. The SMILES string of the molecule is CCOC(=O)Nc1ccc(S(=O)(=O)N2CCCc3cc(S(=O)(=O)N4CCOCC4)ccc32)cc1. The molecule has 2 aromatic carbocycles. The number of hydrogen-bond donors (Lipinski definition) is 1. The van der Waals surface area contributed by atoms with Gasteiger partial charge in [-0.15, -0.1) is 0 Å². The normalized spacial score (nSPS) is 17.1. The van der Waals surface area contributed by atoms with Crippen molar-refractivity contribution in [1.82, 2.24) is 4.31 Å². The molecule has 0 aliphatic carbocycles. The predicted molar refractivity (Wildman–Crippen MR) is 126 cm³/mol. The number of rotatable bonds is 6. The average molecular weight is 510 g/mol. The van der Waals surface area contributed by atoms with E-state index in [2.05, 4.69) is 5.32 Å². The average Bonchev–Trinajstić information content (AvgIpc) is 2.84. The molecule has 2 heterocycles. The van der Waals surface area contributed by atoms with E-state index in [1.54, 1.807) is 19.1 Å². The van der Waals surface area contributed by atoms with E-state index < -0.39 is 26.1 Å². The number of nitrogens with zero attached hydrogens (tertiary/aromatic N) is 2. The van der Waals surface area contributed by atoms with E-state index in [1.165, 1.54) is 38.9 Å². The zero-order chi connectivity index (χ0) is 24.3. The smallest absolute Gasteiger partial charge is 0.411 e. The highest BCUT2D eigenvalue weighted by Crippen LogP contribution is 2.34. The van der Waals surface area contributed by atoms with Gasteiger partial charge >= 0.3 is 6.09 Å². The fourth-order valence-corrected chi connectivity index (χ4v) is 7.01. The second kappa shape index (κ2) is 9.90. The summed E-state index contributed by atoms with van der Waals surface area (Å²) < 4.78 is 65.6. The maximum atomic E-state index is 13.4. The first-order chi connectivity index (χ1) is 16.2. The van der Waals surface area contributed by atoms with Gasteiger partial charge in [0.1, 0.15) is 0 Å². The molecule has 10 nitrogen and oxygen atoms in total. The Morgan fingerprint density at radius 1 is 0.971 bits per heavy atom. The van der Waals surface area contributed by atoms with Gasteiger partial charge in [0.15, 0.2) is 0 Å². The molecule has 0 spiro atoms. The van der Waals surface area contributed by atoms with Crippen LogP contribution in [-0.4, -0.2) is 66.7 Å². The van der Waals surface area contributed by atoms with Crippen LogP contribution in [0.1, 0.15) is 18.9 Å². The first-order valence-corrected chi connectivity index (χ1v) is 13.9. The van der Waals surface area contributed by atoms with E-state index >= 15 is 0 Å². The number of aryl methyl sites for hydroxylation is 1. The molecule has 0 saturated carbocycles. The van der Waals surface area contributed by atoms with Crippen LogP contribution < -0.4 is 9.62 Å². The lowest BCUT2D eigenvalue weighted by molar-refractivity contribution is 0.0730. The van der Waals surface area contributed by atoms with Crippen LogP contribution in [0, 0.1) is 0 Å². The third-order valence-corrected chi connectivity index (χ3v) is 9.42. The summed E-state index contributed by atoms with van der Waals surface area (Å²) in [6.07, 6.45) is 0.525. The molecule has 34 heavy (non-hydrogen) atoms. The van der Waals surface area contributed by atoms with E-state index in [-0.39, 0.29) is 22.9 Å². The molecule has 0 bridgehead atoms. The molecular weight excluding hydrogens is 482 g/mol. The topological polar surface area (TPSA) is 122 Å². The van der Waals surface area contributed by atoms with E-state index in [0.29, 0.717) is 56.1 Å². The first-order valence-electron chi connectivity index (χ1n) is 11.0. The van der Waals surface area contributed by atoms with E-state index in [4.69, 9.17) is 9.47 Å². The van der Waals surface area contributed by atoms with Crippen LogP contribution in [0.15, 0.2) is 52.3 Å². The molecule has 4 rings (SSSR count). The van der Waals surface area contributed by atoms with Gasteiger partial charge in [0.05, 0.1) is 35.3 Å². The number of benzene rings is 2. The molecule has 0 aromatic heterocycles. The molecule has 184 valence electrons. The third-order valence-electron chi connectivity index (χ3n) is 5.70.